The number of hydrogen-bond donors (Lipinski definition) is 1. The predicted molar refractivity (Wildman–Crippen MR) is 73.3 cm³/mol. The van der Waals surface area contributed by atoms with Crippen LogP contribution in [0.4, 0.5) is 10.1 Å². The van der Waals surface area contributed by atoms with Gasteiger partial charge in [-0.05, 0) is 25.3 Å². The van der Waals surface area contributed by atoms with Crippen molar-refractivity contribution in [3.05, 3.63) is 39.7 Å². The smallest absolute Gasteiger partial charge is 0.320 e. The highest BCUT2D eigenvalue weighted by Gasteiger charge is 2.32. The van der Waals surface area contributed by atoms with E-state index in [1.165, 1.54) is 12.1 Å². The first kappa shape index (κ1) is 15.4. The number of nitro benzene ring substituents is 1. The van der Waals surface area contributed by atoms with E-state index >= 15 is 0 Å². The number of carboxylic acids is 1. The number of likely N-dealkylation sites (tertiary alicyclic amines) is 1. The van der Waals surface area contributed by atoms with Gasteiger partial charge in [-0.25, -0.2) is 0 Å². The molecule has 0 bridgehead atoms. The zero-order valence-electron chi connectivity index (χ0n) is 11.7. The number of rotatable bonds is 4. The third-order valence-corrected chi connectivity index (χ3v) is 3.89. The summed E-state index contributed by atoms with van der Waals surface area (Å²) in [6.07, 6.45) is 1.34. The number of halogens is 1. The second-order valence-corrected chi connectivity index (χ2v) is 5.46. The highest BCUT2D eigenvalue weighted by molar-refractivity contribution is 5.73. The van der Waals surface area contributed by atoms with Gasteiger partial charge in [-0.2, -0.15) is 4.39 Å². The average molecular weight is 296 g/mol. The molecule has 1 aromatic rings. The van der Waals surface area contributed by atoms with Crippen molar-refractivity contribution in [2.45, 2.75) is 32.4 Å². The molecule has 2 unspecified atom stereocenters. The number of carbonyl (C=O) groups is 1. The van der Waals surface area contributed by atoms with Crippen LogP contribution in [0.25, 0.3) is 0 Å². The molecule has 114 valence electrons. The van der Waals surface area contributed by atoms with Gasteiger partial charge in [0, 0.05) is 18.2 Å². The molecular weight excluding hydrogens is 279 g/mol. The van der Waals surface area contributed by atoms with Crippen LogP contribution in [0.2, 0.25) is 0 Å². The first-order valence-electron chi connectivity index (χ1n) is 6.78. The maximum absolute atomic E-state index is 14.1. The molecule has 1 saturated heterocycles. The summed E-state index contributed by atoms with van der Waals surface area (Å²) in [7, 11) is 0. The third kappa shape index (κ3) is 3.36. The highest BCUT2D eigenvalue weighted by Crippen LogP contribution is 2.27. The molecule has 0 radical (unpaired) electrons. The maximum atomic E-state index is 14.1. The van der Waals surface area contributed by atoms with E-state index in [1.54, 1.807) is 4.90 Å². The molecule has 0 saturated carbocycles. The number of hydrogen-bond acceptors (Lipinski definition) is 4. The summed E-state index contributed by atoms with van der Waals surface area (Å²) in [6, 6.07) is 3.30. The van der Waals surface area contributed by atoms with Gasteiger partial charge in [-0.1, -0.05) is 19.1 Å². The predicted octanol–water partition coefficient (Wildman–Crippen LogP) is 2.42. The van der Waals surface area contributed by atoms with Crippen LogP contribution in [0.5, 0.6) is 0 Å². The lowest BCUT2D eigenvalue weighted by Gasteiger charge is -2.35. The van der Waals surface area contributed by atoms with Crippen molar-refractivity contribution in [1.29, 1.82) is 0 Å². The van der Waals surface area contributed by atoms with Crippen LogP contribution >= 0.6 is 0 Å². The molecule has 1 aromatic carbocycles. The lowest BCUT2D eigenvalue weighted by molar-refractivity contribution is -0.387. The Morgan fingerprint density at radius 1 is 1.57 bits per heavy atom. The number of aliphatic carboxylic acids is 1. The molecule has 21 heavy (non-hydrogen) atoms. The lowest BCUT2D eigenvalue weighted by atomic mass is 9.92. The van der Waals surface area contributed by atoms with Crippen molar-refractivity contribution < 1.29 is 19.2 Å². The van der Waals surface area contributed by atoms with Crippen molar-refractivity contribution in [2.75, 3.05) is 6.54 Å². The fourth-order valence-electron chi connectivity index (χ4n) is 2.68. The fraction of sp³-hybridized carbons (Fsp3) is 0.500. The molecule has 0 amide bonds. The van der Waals surface area contributed by atoms with E-state index in [2.05, 4.69) is 0 Å². The van der Waals surface area contributed by atoms with Crippen molar-refractivity contribution in [1.82, 2.24) is 4.90 Å². The maximum Gasteiger partial charge on any atom is 0.320 e. The number of piperidine rings is 1. The molecule has 6 nitrogen and oxygen atoms in total. The van der Waals surface area contributed by atoms with E-state index in [-0.39, 0.29) is 12.1 Å². The minimum Gasteiger partial charge on any atom is -0.480 e. The van der Waals surface area contributed by atoms with Crippen LogP contribution in [-0.2, 0) is 11.3 Å². The van der Waals surface area contributed by atoms with Crippen LogP contribution < -0.4 is 0 Å². The Bertz CT molecular complexity index is 564. The molecule has 7 heteroatoms. The molecule has 1 N–H and O–H groups in total. The van der Waals surface area contributed by atoms with Crippen LogP contribution in [0.1, 0.15) is 25.3 Å². The Balaban J connectivity index is 2.22. The number of nitrogens with zero attached hydrogens (tertiary/aromatic N) is 2. The zero-order chi connectivity index (χ0) is 15.6. The second kappa shape index (κ2) is 6.17. The van der Waals surface area contributed by atoms with Gasteiger partial charge < -0.3 is 5.11 Å². The minimum atomic E-state index is -0.938. The molecule has 2 atom stereocenters. The van der Waals surface area contributed by atoms with E-state index in [1.807, 2.05) is 6.92 Å². The van der Waals surface area contributed by atoms with Crippen molar-refractivity contribution in [3.63, 3.8) is 0 Å². The van der Waals surface area contributed by atoms with E-state index in [0.29, 0.717) is 18.9 Å². The van der Waals surface area contributed by atoms with Crippen molar-refractivity contribution >= 4 is 11.7 Å². The van der Waals surface area contributed by atoms with Crippen molar-refractivity contribution in [2.24, 2.45) is 5.92 Å². The molecule has 1 heterocycles. The van der Waals surface area contributed by atoms with Gasteiger partial charge in [0.05, 0.1) is 4.92 Å². The van der Waals surface area contributed by atoms with Gasteiger partial charge in [-0.15, -0.1) is 0 Å². The molecule has 1 aliphatic heterocycles. The standard InChI is InChI=1S/C14H17FN2O4/c1-9-5-6-16(12(7-9)14(18)19)8-10-3-2-4-11(13(10)15)17(20)21/h2-4,9,12H,5-8H2,1H3,(H,18,19). The fourth-order valence-corrected chi connectivity index (χ4v) is 2.68. The molecular formula is C14H17FN2O4. The number of nitro groups is 1. The van der Waals surface area contributed by atoms with E-state index < -0.39 is 28.4 Å². The summed E-state index contributed by atoms with van der Waals surface area (Å²) in [6.45, 7) is 2.60. The Kier molecular flexibility index (Phi) is 4.52. The van der Waals surface area contributed by atoms with Crippen LogP contribution in [0.3, 0.4) is 0 Å². The largest absolute Gasteiger partial charge is 0.480 e. The van der Waals surface area contributed by atoms with Gasteiger partial charge in [0.2, 0.25) is 5.82 Å². The van der Waals surface area contributed by atoms with Gasteiger partial charge in [-0.3, -0.25) is 19.8 Å². The molecule has 0 aromatic heterocycles. The zero-order valence-corrected chi connectivity index (χ0v) is 11.7. The Hall–Kier alpha value is -2.02. The lowest BCUT2D eigenvalue weighted by Crippen LogP contribution is -2.46. The first-order chi connectivity index (χ1) is 9.90. The molecule has 0 spiro atoms. The summed E-state index contributed by atoms with van der Waals surface area (Å²) in [5.74, 6) is -1.52. The quantitative estimate of drug-likeness (QED) is 0.681. The average Bonchev–Trinajstić information content (AvgIpc) is 2.42. The molecule has 1 fully saturated rings. The minimum absolute atomic E-state index is 0.0667. The summed E-state index contributed by atoms with van der Waals surface area (Å²) < 4.78 is 14.1. The number of benzene rings is 1. The van der Waals surface area contributed by atoms with Crippen LogP contribution in [0, 0.1) is 21.8 Å². The highest BCUT2D eigenvalue weighted by atomic mass is 19.1. The Morgan fingerprint density at radius 2 is 2.29 bits per heavy atom. The monoisotopic (exact) mass is 296 g/mol. The van der Waals surface area contributed by atoms with Gasteiger partial charge >= 0.3 is 11.7 Å². The SMILES string of the molecule is CC1CCN(Cc2cccc([N+](=O)[O-])c2F)C(C(=O)O)C1. The van der Waals surface area contributed by atoms with Gasteiger partial charge in [0.1, 0.15) is 6.04 Å². The van der Waals surface area contributed by atoms with Crippen LogP contribution in [0.15, 0.2) is 18.2 Å². The summed E-state index contributed by atoms with van der Waals surface area (Å²) in [5, 5.41) is 20.0. The normalized spacial score (nSPS) is 23.0. The molecule has 1 aliphatic rings. The summed E-state index contributed by atoms with van der Waals surface area (Å²) >= 11 is 0. The van der Waals surface area contributed by atoms with Crippen molar-refractivity contribution in [3.8, 4) is 0 Å². The van der Waals surface area contributed by atoms with E-state index in [9.17, 15) is 24.4 Å². The summed E-state index contributed by atoms with van der Waals surface area (Å²) in [4.78, 5) is 23.0. The van der Waals surface area contributed by atoms with Gasteiger partial charge in [0.15, 0.2) is 0 Å². The summed E-state index contributed by atoms with van der Waals surface area (Å²) in [5.41, 5.74) is -0.422. The molecule has 2 rings (SSSR count). The first-order valence-corrected chi connectivity index (χ1v) is 6.78. The third-order valence-electron chi connectivity index (χ3n) is 3.89. The second-order valence-electron chi connectivity index (χ2n) is 5.46. The topological polar surface area (TPSA) is 83.7 Å². The Labute approximate surface area is 121 Å². The Morgan fingerprint density at radius 3 is 2.90 bits per heavy atom. The van der Waals surface area contributed by atoms with Crippen LogP contribution in [-0.4, -0.2) is 33.5 Å². The van der Waals surface area contributed by atoms with E-state index in [0.717, 1.165) is 12.5 Å². The molecule has 0 aliphatic carbocycles. The van der Waals surface area contributed by atoms with E-state index in [4.69, 9.17) is 0 Å². The number of carboxylic acid groups (broad SMARTS) is 1. The van der Waals surface area contributed by atoms with Gasteiger partial charge in [0.25, 0.3) is 0 Å².